The third-order valence-corrected chi connectivity index (χ3v) is 4.85. The van der Waals surface area contributed by atoms with Crippen molar-refractivity contribution < 1.29 is 41.7 Å². The molecular weight excluding hydrogens is 424 g/mol. The maximum Gasteiger partial charge on any atom is 0.449 e. The van der Waals surface area contributed by atoms with Crippen LogP contribution < -0.4 is 9.64 Å². The van der Waals surface area contributed by atoms with Crippen LogP contribution in [0.4, 0.5) is 23.2 Å². The molecule has 0 aliphatic carbocycles. The first-order valence-corrected chi connectivity index (χ1v) is 8.80. The van der Waals surface area contributed by atoms with Crippen molar-refractivity contribution in [1.82, 2.24) is 4.98 Å². The molecule has 0 saturated heterocycles. The number of methoxy groups -OCH3 is 1. The molecule has 7 nitrogen and oxygen atoms in total. The maximum atomic E-state index is 14.0. The Hall–Kier alpha value is -3.60. The summed E-state index contributed by atoms with van der Waals surface area (Å²) in [6.45, 7) is -0.486. The summed E-state index contributed by atoms with van der Waals surface area (Å²) in [5.41, 5.74) is -3.35. The van der Waals surface area contributed by atoms with Crippen molar-refractivity contribution in [3.63, 3.8) is 0 Å². The fourth-order valence-electron chi connectivity index (χ4n) is 3.42. The van der Waals surface area contributed by atoms with Crippen LogP contribution in [0.1, 0.15) is 22.8 Å². The normalized spacial score (nSPS) is 18.4. The molecule has 1 aliphatic rings. The average molecular weight is 438 g/mol. The lowest BCUT2D eigenvalue weighted by molar-refractivity contribution is -0.153. The SMILES string of the molecule is COc1ccc(O)c(C2(O)C(=O)N(Cc3ccc(C(F)(F)F)o3)c3ccc(F)cc32)n1. The number of fused-ring (bicyclic) bond motifs is 1. The van der Waals surface area contributed by atoms with Gasteiger partial charge in [0.05, 0.1) is 19.3 Å². The van der Waals surface area contributed by atoms with Crippen LogP contribution >= 0.6 is 0 Å². The summed E-state index contributed by atoms with van der Waals surface area (Å²) >= 11 is 0. The van der Waals surface area contributed by atoms with Crippen LogP contribution in [-0.4, -0.2) is 28.2 Å². The van der Waals surface area contributed by atoms with E-state index >= 15 is 0 Å². The summed E-state index contributed by atoms with van der Waals surface area (Å²) in [5, 5.41) is 21.6. The zero-order chi connectivity index (χ0) is 22.6. The third-order valence-electron chi connectivity index (χ3n) is 4.85. The van der Waals surface area contributed by atoms with E-state index in [1.807, 2.05) is 0 Å². The Balaban J connectivity index is 1.82. The van der Waals surface area contributed by atoms with Gasteiger partial charge in [-0.1, -0.05) is 0 Å². The molecule has 1 aromatic carbocycles. The Morgan fingerprint density at radius 2 is 1.94 bits per heavy atom. The molecule has 1 unspecified atom stereocenters. The minimum absolute atomic E-state index is 0.0166. The van der Waals surface area contributed by atoms with E-state index in [2.05, 4.69) is 4.98 Å². The van der Waals surface area contributed by atoms with Crippen LogP contribution in [0.3, 0.4) is 0 Å². The van der Waals surface area contributed by atoms with Crippen LogP contribution in [0.5, 0.6) is 11.6 Å². The number of aromatic nitrogens is 1. The molecule has 3 heterocycles. The molecule has 3 aromatic rings. The molecule has 2 aromatic heterocycles. The number of amides is 1. The second-order valence-electron chi connectivity index (χ2n) is 6.75. The van der Waals surface area contributed by atoms with E-state index in [0.717, 1.165) is 29.2 Å². The number of benzene rings is 1. The Kier molecular flexibility index (Phi) is 4.65. The Morgan fingerprint density at radius 1 is 1.19 bits per heavy atom. The van der Waals surface area contributed by atoms with Gasteiger partial charge in [-0.3, -0.25) is 4.79 Å². The minimum atomic E-state index is -4.72. The van der Waals surface area contributed by atoms with Crippen molar-refractivity contribution >= 4 is 11.6 Å². The summed E-state index contributed by atoms with van der Waals surface area (Å²) < 4.78 is 62.2. The van der Waals surface area contributed by atoms with Crippen LogP contribution in [0, 0.1) is 5.82 Å². The number of furan rings is 1. The van der Waals surface area contributed by atoms with E-state index in [0.29, 0.717) is 6.07 Å². The number of aromatic hydroxyl groups is 1. The van der Waals surface area contributed by atoms with E-state index in [4.69, 9.17) is 9.15 Å². The van der Waals surface area contributed by atoms with Gasteiger partial charge in [-0.15, -0.1) is 0 Å². The lowest BCUT2D eigenvalue weighted by Gasteiger charge is -2.23. The minimum Gasteiger partial charge on any atom is -0.506 e. The molecule has 11 heteroatoms. The number of carbonyl (C=O) groups excluding carboxylic acids is 1. The maximum absolute atomic E-state index is 14.0. The zero-order valence-electron chi connectivity index (χ0n) is 15.8. The summed E-state index contributed by atoms with van der Waals surface area (Å²) in [7, 11) is 1.28. The number of nitrogens with zero attached hydrogens (tertiary/aromatic N) is 2. The van der Waals surface area contributed by atoms with Crippen LogP contribution in [0.2, 0.25) is 0 Å². The highest BCUT2D eigenvalue weighted by Crippen LogP contribution is 2.47. The molecule has 162 valence electrons. The monoisotopic (exact) mass is 438 g/mol. The van der Waals surface area contributed by atoms with Gasteiger partial charge in [0.2, 0.25) is 17.2 Å². The highest BCUT2D eigenvalue weighted by atomic mass is 19.4. The Morgan fingerprint density at radius 3 is 2.58 bits per heavy atom. The van der Waals surface area contributed by atoms with Crippen molar-refractivity contribution in [2.75, 3.05) is 12.0 Å². The molecular formula is C20H14F4N2O5. The number of hydrogen-bond donors (Lipinski definition) is 2. The number of aliphatic hydroxyl groups is 1. The molecule has 4 rings (SSSR count). The molecule has 0 bridgehead atoms. The molecule has 0 saturated carbocycles. The molecule has 2 N–H and O–H groups in total. The summed E-state index contributed by atoms with van der Waals surface area (Å²) in [6, 6.07) is 7.26. The fourth-order valence-corrected chi connectivity index (χ4v) is 3.42. The number of rotatable bonds is 4. The number of halogens is 4. The first-order valence-electron chi connectivity index (χ1n) is 8.80. The van der Waals surface area contributed by atoms with Gasteiger partial charge in [-0.25, -0.2) is 9.37 Å². The smallest absolute Gasteiger partial charge is 0.449 e. The summed E-state index contributed by atoms with van der Waals surface area (Å²) in [6.07, 6.45) is -4.72. The quantitative estimate of drug-likeness (QED) is 0.607. The van der Waals surface area contributed by atoms with Crippen molar-refractivity contribution in [3.8, 4) is 11.6 Å². The predicted molar refractivity (Wildman–Crippen MR) is 96.8 cm³/mol. The summed E-state index contributed by atoms with van der Waals surface area (Å²) in [4.78, 5) is 18.1. The number of carbonyl (C=O) groups is 1. The molecule has 1 aliphatic heterocycles. The van der Waals surface area contributed by atoms with Crippen LogP contribution in [-0.2, 0) is 23.1 Å². The molecule has 1 amide bonds. The van der Waals surface area contributed by atoms with E-state index in [1.165, 1.54) is 19.2 Å². The number of ether oxygens (including phenoxy) is 1. The van der Waals surface area contributed by atoms with Gasteiger partial charge < -0.3 is 24.3 Å². The van der Waals surface area contributed by atoms with Gasteiger partial charge in [-0.05, 0) is 36.4 Å². The van der Waals surface area contributed by atoms with Gasteiger partial charge in [0.25, 0.3) is 5.91 Å². The highest BCUT2D eigenvalue weighted by Gasteiger charge is 2.54. The predicted octanol–water partition coefficient (Wildman–Crippen LogP) is 3.33. The van der Waals surface area contributed by atoms with E-state index in [9.17, 15) is 32.6 Å². The fraction of sp³-hybridized carbons (Fsp3) is 0.200. The molecule has 0 fully saturated rings. The van der Waals surface area contributed by atoms with Gasteiger partial charge in [0.1, 0.15) is 23.0 Å². The average Bonchev–Trinajstić information content (AvgIpc) is 3.27. The standard InChI is InChI=1S/C20H14F4N2O5/c1-30-16-7-5-14(27)17(25-16)19(29)12-8-10(21)2-4-13(12)26(18(19)28)9-11-3-6-15(31-11)20(22,23)24/h2-8,27,29H,9H2,1H3. The number of alkyl halides is 3. The van der Waals surface area contributed by atoms with Crippen molar-refractivity contribution in [1.29, 1.82) is 0 Å². The Bertz CT molecular complexity index is 1180. The van der Waals surface area contributed by atoms with Crippen molar-refractivity contribution in [2.24, 2.45) is 0 Å². The molecule has 0 spiro atoms. The zero-order valence-corrected chi connectivity index (χ0v) is 15.8. The van der Waals surface area contributed by atoms with Crippen molar-refractivity contribution in [3.05, 3.63) is 71.1 Å². The number of hydrogen-bond acceptors (Lipinski definition) is 6. The first kappa shape index (κ1) is 20.7. The lowest BCUT2D eigenvalue weighted by atomic mass is 9.90. The van der Waals surface area contributed by atoms with Gasteiger partial charge in [-0.2, -0.15) is 13.2 Å². The second-order valence-corrected chi connectivity index (χ2v) is 6.75. The number of anilines is 1. The van der Waals surface area contributed by atoms with Crippen LogP contribution in [0.15, 0.2) is 46.9 Å². The number of pyridine rings is 1. The largest absolute Gasteiger partial charge is 0.506 e. The van der Waals surface area contributed by atoms with E-state index in [1.54, 1.807) is 0 Å². The van der Waals surface area contributed by atoms with Crippen molar-refractivity contribution in [2.45, 2.75) is 18.3 Å². The van der Waals surface area contributed by atoms with Gasteiger partial charge >= 0.3 is 6.18 Å². The third kappa shape index (κ3) is 3.26. The van der Waals surface area contributed by atoms with E-state index < -0.39 is 47.3 Å². The summed E-state index contributed by atoms with van der Waals surface area (Å²) in [5.74, 6) is -3.92. The molecule has 31 heavy (non-hydrogen) atoms. The molecule has 1 atom stereocenters. The highest BCUT2D eigenvalue weighted by molar-refractivity contribution is 6.09. The first-order chi connectivity index (χ1) is 14.6. The van der Waals surface area contributed by atoms with Gasteiger partial charge in [0, 0.05) is 11.6 Å². The second kappa shape index (κ2) is 6.98. The van der Waals surface area contributed by atoms with Crippen LogP contribution in [0.25, 0.3) is 0 Å². The van der Waals surface area contributed by atoms with Gasteiger partial charge in [0.15, 0.2) is 0 Å². The molecule has 0 radical (unpaired) electrons. The van der Waals surface area contributed by atoms with E-state index in [-0.39, 0.29) is 22.9 Å². The lowest BCUT2D eigenvalue weighted by Crippen LogP contribution is -2.41. The Labute approximate surface area is 172 Å². The topological polar surface area (TPSA) is 96.0 Å².